The lowest BCUT2D eigenvalue weighted by molar-refractivity contribution is 0.0992. The summed E-state index contributed by atoms with van der Waals surface area (Å²) in [6, 6.07) is 19.5. The molecular weight excluding hydrogens is 402 g/mol. The van der Waals surface area contributed by atoms with Crippen molar-refractivity contribution in [2.24, 2.45) is 0 Å². The molecule has 0 unspecified atom stereocenters. The normalized spacial score (nSPS) is 10.9. The van der Waals surface area contributed by atoms with Crippen LogP contribution in [-0.4, -0.2) is 15.7 Å². The number of para-hydroxylation sites is 1. The van der Waals surface area contributed by atoms with Crippen LogP contribution in [0.2, 0.25) is 0 Å². The van der Waals surface area contributed by atoms with Crippen LogP contribution < -0.4 is 10.1 Å². The third kappa shape index (κ3) is 4.75. The first-order valence-corrected chi connectivity index (χ1v) is 10.6. The fraction of sp³-hybridized carbons (Fsp3) is 0.231. The Morgan fingerprint density at radius 1 is 1.03 bits per heavy atom. The van der Waals surface area contributed by atoms with E-state index in [-0.39, 0.29) is 18.3 Å². The Morgan fingerprint density at radius 3 is 2.62 bits per heavy atom. The zero-order valence-corrected chi connectivity index (χ0v) is 18.8. The highest BCUT2D eigenvalue weighted by Crippen LogP contribution is 2.23. The van der Waals surface area contributed by atoms with Gasteiger partial charge in [0.1, 0.15) is 18.1 Å². The summed E-state index contributed by atoms with van der Waals surface area (Å²) in [5.74, 6) is 1.30. The van der Waals surface area contributed by atoms with Crippen LogP contribution in [0.1, 0.15) is 44.4 Å². The lowest BCUT2D eigenvalue weighted by Gasteiger charge is -2.08. The van der Waals surface area contributed by atoms with E-state index in [0.29, 0.717) is 18.0 Å². The second-order valence-electron chi connectivity index (χ2n) is 7.97. The molecule has 0 spiro atoms. The number of benzene rings is 2. The van der Waals surface area contributed by atoms with Crippen LogP contribution in [0, 0.1) is 27.7 Å². The zero-order valence-electron chi connectivity index (χ0n) is 18.8. The van der Waals surface area contributed by atoms with Gasteiger partial charge in [0.15, 0.2) is 5.76 Å². The van der Waals surface area contributed by atoms with Crippen LogP contribution >= 0.6 is 0 Å². The maximum absolute atomic E-state index is 12.8. The van der Waals surface area contributed by atoms with Gasteiger partial charge in [-0.05, 0) is 57.0 Å². The molecule has 6 heteroatoms. The van der Waals surface area contributed by atoms with Crippen molar-refractivity contribution in [2.75, 3.05) is 5.32 Å². The predicted octanol–water partition coefficient (Wildman–Crippen LogP) is 5.59. The molecule has 4 rings (SSSR count). The number of anilines is 1. The molecule has 0 fully saturated rings. The molecule has 0 saturated heterocycles. The molecule has 0 atom stereocenters. The van der Waals surface area contributed by atoms with Crippen molar-refractivity contribution in [3.8, 4) is 5.75 Å². The molecule has 4 aromatic rings. The predicted molar refractivity (Wildman–Crippen MR) is 124 cm³/mol. The molecular formula is C26H27N3O3. The van der Waals surface area contributed by atoms with Gasteiger partial charge in [-0.15, -0.1) is 0 Å². The molecule has 2 aromatic heterocycles. The number of carbonyl (C=O) groups is 1. The Morgan fingerprint density at radius 2 is 1.84 bits per heavy atom. The fourth-order valence-electron chi connectivity index (χ4n) is 3.64. The van der Waals surface area contributed by atoms with E-state index in [1.807, 2.05) is 55.8 Å². The quantitative estimate of drug-likeness (QED) is 0.416. The first-order chi connectivity index (χ1) is 15.4. The number of amides is 1. The number of rotatable bonds is 7. The number of aromatic nitrogens is 2. The minimum atomic E-state index is -0.312. The number of furan rings is 1. The van der Waals surface area contributed by atoms with Crippen molar-refractivity contribution in [2.45, 2.75) is 40.8 Å². The van der Waals surface area contributed by atoms with Crippen LogP contribution in [0.25, 0.3) is 0 Å². The van der Waals surface area contributed by atoms with Crippen molar-refractivity contribution in [3.63, 3.8) is 0 Å². The molecule has 0 bridgehead atoms. The van der Waals surface area contributed by atoms with Gasteiger partial charge in [0, 0.05) is 0 Å². The van der Waals surface area contributed by atoms with E-state index < -0.39 is 0 Å². The zero-order chi connectivity index (χ0) is 22.7. The third-order valence-corrected chi connectivity index (χ3v) is 5.38. The van der Waals surface area contributed by atoms with E-state index in [4.69, 9.17) is 9.15 Å². The summed E-state index contributed by atoms with van der Waals surface area (Å²) >= 11 is 0. The van der Waals surface area contributed by atoms with Crippen LogP contribution in [0.4, 0.5) is 5.69 Å². The van der Waals surface area contributed by atoms with E-state index in [2.05, 4.69) is 35.5 Å². The third-order valence-electron chi connectivity index (χ3n) is 5.38. The standard InChI is InChI=1S/C26H27N3O3/c1-17-8-7-10-21(14-17)15-29-20(4)25(19(3)28-29)27-26(30)24-13-12-22(32-24)16-31-23-11-6-5-9-18(23)2/h5-14H,15-16H2,1-4H3,(H,27,30). The largest absolute Gasteiger partial charge is 0.485 e. The van der Waals surface area contributed by atoms with Gasteiger partial charge in [-0.3, -0.25) is 9.48 Å². The minimum absolute atomic E-state index is 0.235. The molecule has 32 heavy (non-hydrogen) atoms. The Hall–Kier alpha value is -3.80. The second-order valence-corrected chi connectivity index (χ2v) is 7.97. The summed E-state index contributed by atoms with van der Waals surface area (Å²) in [5.41, 5.74) is 5.78. The number of hydrogen-bond donors (Lipinski definition) is 1. The number of hydrogen-bond acceptors (Lipinski definition) is 4. The Bertz CT molecular complexity index is 1250. The molecule has 0 aliphatic heterocycles. The maximum atomic E-state index is 12.8. The summed E-state index contributed by atoms with van der Waals surface area (Å²) in [6.07, 6.45) is 0. The molecule has 0 aliphatic rings. The van der Waals surface area contributed by atoms with Crippen LogP contribution in [-0.2, 0) is 13.2 Å². The number of carbonyl (C=O) groups excluding carboxylic acids is 1. The van der Waals surface area contributed by atoms with E-state index in [9.17, 15) is 4.79 Å². The molecule has 0 aliphatic carbocycles. The lowest BCUT2D eigenvalue weighted by Crippen LogP contribution is -2.12. The topological polar surface area (TPSA) is 69.3 Å². The molecule has 0 radical (unpaired) electrons. The number of nitrogens with one attached hydrogen (secondary N) is 1. The lowest BCUT2D eigenvalue weighted by atomic mass is 10.1. The summed E-state index contributed by atoms with van der Waals surface area (Å²) in [6.45, 7) is 8.80. The van der Waals surface area contributed by atoms with E-state index in [0.717, 1.165) is 28.3 Å². The monoisotopic (exact) mass is 429 g/mol. The summed E-state index contributed by atoms with van der Waals surface area (Å²) < 4.78 is 13.4. The molecule has 0 saturated carbocycles. The number of nitrogens with zero attached hydrogens (tertiary/aromatic N) is 2. The van der Waals surface area contributed by atoms with Crippen molar-refractivity contribution >= 4 is 11.6 Å². The average Bonchev–Trinajstić information content (AvgIpc) is 3.34. The Labute approximate surface area is 187 Å². The number of ether oxygens (including phenoxy) is 1. The summed E-state index contributed by atoms with van der Waals surface area (Å²) in [5, 5.41) is 7.56. The smallest absolute Gasteiger partial charge is 0.291 e. The molecule has 1 amide bonds. The molecule has 6 nitrogen and oxygen atoms in total. The number of aryl methyl sites for hydroxylation is 3. The summed E-state index contributed by atoms with van der Waals surface area (Å²) in [4.78, 5) is 12.8. The first-order valence-electron chi connectivity index (χ1n) is 10.6. The highest BCUT2D eigenvalue weighted by molar-refractivity contribution is 6.02. The molecule has 164 valence electrons. The van der Waals surface area contributed by atoms with Crippen molar-refractivity contribution < 1.29 is 13.9 Å². The van der Waals surface area contributed by atoms with Gasteiger partial charge in [-0.1, -0.05) is 48.0 Å². The van der Waals surface area contributed by atoms with Gasteiger partial charge < -0.3 is 14.5 Å². The first kappa shape index (κ1) is 21.4. The fourth-order valence-corrected chi connectivity index (χ4v) is 3.64. The Kier molecular flexibility index (Phi) is 6.12. The molecule has 2 aromatic carbocycles. The van der Waals surface area contributed by atoms with Crippen molar-refractivity contribution in [3.05, 3.63) is 100 Å². The van der Waals surface area contributed by atoms with Crippen molar-refractivity contribution in [1.82, 2.24) is 9.78 Å². The summed E-state index contributed by atoms with van der Waals surface area (Å²) in [7, 11) is 0. The van der Waals surface area contributed by atoms with Gasteiger partial charge in [0.25, 0.3) is 5.91 Å². The van der Waals surface area contributed by atoms with Crippen LogP contribution in [0.15, 0.2) is 65.1 Å². The Balaban J connectivity index is 1.43. The van der Waals surface area contributed by atoms with Gasteiger partial charge in [0.05, 0.1) is 23.6 Å². The van der Waals surface area contributed by atoms with Gasteiger partial charge in [-0.2, -0.15) is 5.10 Å². The van der Waals surface area contributed by atoms with Crippen molar-refractivity contribution in [1.29, 1.82) is 0 Å². The molecule has 2 heterocycles. The van der Waals surface area contributed by atoms with Gasteiger partial charge in [-0.25, -0.2) is 0 Å². The highest BCUT2D eigenvalue weighted by atomic mass is 16.5. The van der Waals surface area contributed by atoms with E-state index >= 15 is 0 Å². The van der Waals surface area contributed by atoms with Gasteiger partial charge in [0.2, 0.25) is 0 Å². The average molecular weight is 430 g/mol. The van der Waals surface area contributed by atoms with Gasteiger partial charge >= 0.3 is 0 Å². The van der Waals surface area contributed by atoms with E-state index in [1.54, 1.807) is 12.1 Å². The minimum Gasteiger partial charge on any atom is -0.485 e. The van der Waals surface area contributed by atoms with Crippen LogP contribution in [0.5, 0.6) is 5.75 Å². The van der Waals surface area contributed by atoms with E-state index in [1.165, 1.54) is 5.56 Å². The SMILES string of the molecule is Cc1cccc(Cn2nc(C)c(NC(=O)c3ccc(COc4ccccc4C)o3)c2C)c1. The van der Waals surface area contributed by atoms with Crippen LogP contribution in [0.3, 0.4) is 0 Å². The maximum Gasteiger partial charge on any atom is 0.291 e. The second kappa shape index (κ2) is 9.14. The molecule has 1 N–H and O–H groups in total. The highest BCUT2D eigenvalue weighted by Gasteiger charge is 2.18.